The molecule has 0 fully saturated rings. The largest absolute Gasteiger partial charge is 0.444 e. The number of carbonyl (C=O) groups is 1. The van der Waals surface area contributed by atoms with Gasteiger partial charge in [0, 0.05) is 19.6 Å². The highest BCUT2D eigenvalue weighted by Crippen LogP contribution is 2.06. The van der Waals surface area contributed by atoms with Gasteiger partial charge in [-0.1, -0.05) is 6.08 Å². The van der Waals surface area contributed by atoms with E-state index < -0.39 is 17.8 Å². The van der Waals surface area contributed by atoms with Crippen molar-refractivity contribution in [2.45, 2.75) is 32.5 Å². The minimum absolute atomic E-state index is 0.166. The van der Waals surface area contributed by atoms with Gasteiger partial charge in [-0.3, -0.25) is 0 Å². The van der Waals surface area contributed by atoms with Gasteiger partial charge in [-0.15, -0.1) is 6.58 Å². The van der Waals surface area contributed by atoms with Gasteiger partial charge in [0.05, 0.1) is 6.10 Å². The van der Waals surface area contributed by atoms with Crippen LogP contribution in [0.1, 0.15) is 20.8 Å². The Balaban J connectivity index is 3.62. The van der Waals surface area contributed by atoms with Crippen molar-refractivity contribution in [3.8, 4) is 0 Å². The summed E-state index contributed by atoms with van der Waals surface area (Å²) in [5.41, 5.74) is -0.518. The van der Waals surface area contributed by atoms with E-state index in [1.807, 2.05) is 0 Å². The molecule has 0 aliphatic heterocycles. The van der Waals surface area contributed by atoms with Crippen molar-refractivity contribution in [3.05, 3.63) is 12.7 Å². The summed E-state index contributed by atoms with van der Waals surface area (Å²) in [4.78, 5) is 11.2. The number of hydrogen-bond donors (Lipinski definition) is 3. The SMILES string of the molecule is C=CCNC[C@@H](O)CNC(=O)OC(C)(C)C. The van der Waals surface area contributed by atoms with Crippen LogP contribution >= 0.6 is 0 Å². The fourth-order valence-corrected chi connectivity index (χ4v) is 0.939. The smallest absolute Gasteiger partial charge is 0.407 e. The van der Waals surface area contributed by atoms with Gasteiger partial charge >= 0.3 is 6.09 Å². The molecule has 1 amide bonds. The molecule has 0 aromatic carbocycles. The number of alkyl carbamates (subject to hydrolysis) is 1. The lowest BCUT2D eigenvalue weighted by Gasteiger charge is -2.20. The second kappa shape index (κ2) is 7.24. The Kier molecular flexibility index (Phi) is 6.76. The zero-order valence-corrected chi connectivity index (χ0v) is 10.2. The predicted octanol–water partition coefficient (Wildman–Crippen LogP) is 0.648. The Morgan fingerprint density at radius 1 is 1.50 bits per heavy atom. The maximum Gasteiger partial charge on any atom is 0.407 e. The summed E-state index contributed by atoms with van der Waals surface area (Å²) in [6, 6.07) is 0. The topological polar surface area (TPSA) is 70.6 Å². The molecule has 0 saturated carbocycles. The van der Waals surface area contributed by atoms with Crippen LogP contribution in [0.4, 0.5) is 4.79 Å². The number of aliphatic hydroxyl groups is 1. The first-order valence-corrected chi connectivity index (χ1v) is 5.31. The standard InChI is InChI=1S/C11H22N2O3/c1-5-6-12-7-9(14)8-13-10(15)16-11(2,3)4/h5,9,12,14H,1,6-8H2,2-4H3,(H,13,15)/t9-/m1/s1. The van der Waals surface area contributed by atoms with Gasteiger partial charge in [0.1, 0.15) is 5.60 Å². The highest BCUT2D eigenvalue weighted by Gasteiger charge is 2.16. The van der Waals surface area contributed by atoms with E-state index in [1.54, 1.807) is 26.8 Å². The summed E-state index contributed by atoms with van der Waals surface area (Å²) in [5.74, 6) is 0. The lowest BCUT2D eigenvalue weighted by molar-refractivity contribution is 0.0492. The van der Waals surface area contributed by atoms with E-state index in [4.69, 9.17) is 4.74 Å². The molecular formula is C11H22N2O3. The van der Waals surface area contributed by atoms with Crippen LogP contribution in [0.15, 0.2) is 12.7 Å². The van der Waals surface area contributed by atoms with E-state index in [1.165, 1.54) is 0 Å². The maximum absolute atomic E-state index is 11.2. The van der Waals surface area contributed by atoms with Crippen molar-refractivity contribution >= 4 is 6.09 Å². The summed E-state index contributed by atoms with van der Waals surface area (Å²) >= 11 is 0. The van der Waals surface area contributed by atoms with Crippen molar-refractivity contribution in [1.29, 1.82) is 0 Å². The van der Waals surface area contributed by atoms with E-state index in [2.05, 4.69) is 17.2 Å². The number of ether oxygens (including phenoxy) is 1. The quantitative estimate of drug-likeness (QED) is 0.463. The number of carbonyl (C=O) groups excluding carboxylic acids is 1. The van der Waals surface area contributed by atoms with Gasteiger partial charge < -0.3 is 20.5 Å². The van der Waals surface area contributed by atoms with E-state index in [9.17, 15) is 9.90 Å². The number of aliphatic hydroxyl groups excluding tert-OH is 1. The summed E-state index contributed by atoms with van der Waals surface area (Å²) < 4.78 is 5.02. The number of hydrogen-bond acceptors (Lipinski definition) is 4. The lowest BCUT2D eigenvalue weighted by atomic mass is 10.2. The third kappa shape index (κ3) is 9.48. The van der Waals surface area contributed by atoms with Crippen LogP contribution in [-0.4, -0.2) is 42.5 Å². The minimum Gasteiger partial charge on any atom is -0.444 e. The van der Waals surface area contributed by atoms with Crippen LogP contribution < -0.4 is 10.6 Å². The predicted molar refractivity (Wildman–Crippen MR) is 63.3 cm³/mol. The van der Waals surface area contributed by atoms with E-state index >= 15 is 0 Å². The maximum atomic E-state index is 11.2. The van der Waals surface area contributed by atoms with Crippen molar-refractivity contribution in [2.75, 3.05) is 19.6 Å². The van der Waals surface area contributed by atoms with E-state index in [0.717, 1.165) is 0 Å². The summed E-state index contributed by atoms with van der Waals surface area (Å²) in [7, 11) is 0. The summed E-state index contributed by atoms with van der Waals surface area (Å²) in [5, 5.41) is 14.9. The van der Waals surface area contributed by atoms with Gasteiger partial charge in [0.15, 0.2) is 0 Å². The molecule has 0 saturated heterocycles. The Morgan fingerprint density at radius 2 is 2.12 bits per heavy atom. The molecule has 0 spiro atoms. The van der Waals surface area contributed by atoms with E-state index in [0.29, 0.717) is 13.1 Å². The molecule has 3 N–H and O–H groups in total. The summed E-state index contributed by atoms with van der Waals surface area (Å²) in [6.07, 6.45) is 0.552. The molecular weight excluding hydrogens is 208 g/mol. The first kappa shape index (κ1) is 14.9. The zero-order valence-electron chi connectivity index (χ0n) is 10.2. The van der Waals surface area contributed by atoms with Crippen LogP contribution in [0.25, 0.3) is 0 Å². The third-order valence-corrected chi connectivity index (χ3v) is 1.55. The zero-order chi connectivity index (χ0) is 12.6. The van der Waals surface area contributed by atoms with Crippen molar-refractivity contribution < 1.29 is 14.6 Å². The van der Waals surface area contributed by atoms with Gasteiger partial charge in [-0.05, 0) is 20.8 Å². The highest BCUT2D eigenvalue weighted by molar-refractivity contribution is 5.67. The van der Waals surface area contributed by atoms with Crippen LogP contribution in [-0.2, 0) is 4.74 Å². The molecule has 5 heteroatoms. The molecule has 16 heavy (non-hydrogen) atoms. The molecule has 0 aromatic rings. The van der Waals surface area contributed by atoms with Crippen LogP contribution in [0.2, 0.25) is 0 Å². The molecule has 0 unspecified atom stereocenters. The van der Waals surface area contributed by atoms with Crippen LogP contribution in [0.5, 0.6) is 0 Å². The third-order valence-electron chi connectivity index (χ3n) is 1.55. The molecule has 0 heterocycles. The molecule has 0 aliphatic rings. The highest BCUT2D eigenvalue weighted by atomic mass is 16.6. The van der Waals surface area contributed by atoms with E-state index in [-0.39, 0.29) is 6.54 Å². The Hall–Kier alpha value is -1.07. The van der Waals surface area contributed by atoms with Gasteiger partial charge in [-0.25, -0.2) is 4.79 Å². The van der Waals surface area contributed by atoms with Crippen molar-refractivity contribution in [3.63, 3.8) is 0 Å². The van der Waals surface area contributed by atoms with Crippen LogP contribution in [0.3, 0.4) is 0 Å². The van der Waals surface area contributed by atoms with Crippen LogP contribution in [0, 0.1) is 0 Å². The molecule has 0 bridgehead atoms. The molecule has 0 aliphatic carbocycles. The molecule has 1 atom stereocenters. The molecule has 0 rings (SSSR count). The Bertz CT molecular complexity index is 224. The fourth-order valence-electron chi connectivity index (χ4n) is 0.939. The average molecular weight is 230 g/mol. The molecule has 94 valence electrons. The van der Waals surface area contributed by atoms with Crippen molar-refractivity contribution in [2.24, 2.45) is 0 Å². The minimum atomic E-state index is -0.632. The number of rotatable bonds is 6. The fraction of sp³-hybridized carbons (Fsp3) is 0.727. The number of amides is 1. The Morgan fingerprint density at radius 3 is 2.62 bits per heavy atom. The van der Waals surface area contributed by atoms with Gasteiger partial charge in [0.2, 0.25) is 0 Å². The van der Waals surface area contributed by atoms with Gasteiger partial charge in [0.25, 0.3) is 0 Å². The second-order valence-corrected chi connectivity index (χ2v) is 4.48. The lowest BCUT2D eigenvalue weighted by Crippen LogP contribution is -2.40. The number of nitrogens with one attached hydrogen (secondary N) is 2. The summed E-state index contributed by atoms with van der Waals surface area (Å²) in [6.45, 7) is 10.1. The normalized spacial score (nSPS) is 13.0. The van der Waals surface area contributed by atoms with Gasteiger partial charge in [-0.2, -0.15) is 0 Å². The first-order valence-electron chi connectivity index (χ1n) is 5.31. The first-order chi connectivity index (χ1) is 7.35. The van der Waals surface area contributed by atoms with Crippen molar-refractivity contribution in [1.82, 2.24) is 10.6 Å². The molecule has 0 aromatic heterocycles. The molecule has 0 radical (unpaired) electrons. The second-order valence-electron chi connectivity index (χ2n) is 4.48. The monoisotopic (exact) mass is 230 g/mol. The Labute approximate surface area is 96.9 Å². The molecule has 5 nitrogen and oxygen atoms in total. The average Bonchev–Trinajstić information content (AvgIpc) is 2.12.